The number of pyridine rings is 1. The van der Waals surface area contributed by atoms with E-state index in [-0.39, 0.29) is 55.1 Å². The molecule has 9 aromatic rings. The Kier molecular flexibility index (Phi) is 9.26. The second kappa shape index (κ2) is 17.1. The minimum absolute atomic E-state index is 0. The molecular formula is C58H52N3OPt-. The molecule has 0 aliphatic carbocycles. The maximum absolute atomic E-state index is 12.0. The first-order chi connectivity index (χ1) is 33.1. The molecule has 0 spiro atoms. The summed E-state index contributed by atoms with van der Waals surface area (Å²) in [6.07, 6.45) is -0.524. The Morgan fingerprint density at radius 3 is 1.95 bits per heavy atom. The molecule has 2 heterocycles. The van der Waals surface area contributed by atoms with Crippen molar-refractivity contribution in [1.82, 2.24) is 14.5 Å². The maximum atomic E-state index is 12.0. The van der Waals surface area contributed by atoms with E-state index in [9.17, 15) is 6.48 Å². The second-order valence-electron chi connectivity index (χ2n) is 18.0. The fourth-order valence-electron chi connectivity index (χ4n) is 8.19. The second-order valence-corrected chi connectivity index (χ2v) is 18.0. The van der Waals surface area contributed by atoms with Gasteiger partial charge in [-0.3, -0.25) is 9.55 Å². The number of aromatic hydroxyl groups is 1. The third-order valence-corrected chi connectivity index (χ3v) is 11.3. The van der Waals surface area contributed by atoms with Crippen LogP contribution < -0.4 is 0 Å². The van der Waals surface area contributed by atoms with E-state index in [0.29, 0.717) is 39.2 Å². The molecule has 9 rings (SSSR count). The number of fused-ring (bicyclic) bond motifs is 1. The molecule has 0 radical (unpaired) electrons. The van der Waals surface area contributed by atoms with Crippen molar-refractivity contribution in [2.45, 2.75) is 66.2 Å². The van der Waals surface area contributed by atoms with Gasteiger partial charge in [0.1, 0.15) is 11.6 Å². The fourth-order valence-corrected chi connectivity index (χ4v) is 8.19. The average Bonchev–Trinajstić information content (AvgIpc) is 3.72. The minimum atomic E-state index is -0.610. The summed E-state index contributed by atoms with van der Waals surface area (Å²) in [5, 5.41) is 12.0. The van der Waals surface area contributed by atoms with Gasteiger partial charge < -0.3 is 5.11 Å². The monoisotopic (exact) mass is 1010 g/mol. The van der Waals surface area contributed by atoms with Gasteiger partial charge in [-0.25, -0.2) is 4.98 Å². The Hall–Kier alpha value is -6.35. The van der Waals surface area contributed by atoms with E-state index in [1.165, 1.54) is 0 Å². The normalized spacial score (nSPS) is 13.5. The standard InChI is InChI=1S/C58H52N3O.Pt/c1-37-29-38(2)55(62)49(30-37)56-60-54-46(43-31-44(33-45(32-43)57(3,4)5)51-34-42(27-28-59-51)39-19-12-9-13-20-39)25-18-26-52(54)61(56)53-36-47(40-21-14-10-15-22-40)50(58(6,7)8)35-48(53)41-23-16-11-17-24-41;/h9-30,32-36,62H,1-8H3;/q-1;/i9D,12D,13D,19D,20D,27D,28D,34D;. The van der Waals surface area contributed by atoms with E-state index in [1.807, 2.05) is 92.7 Å². The van der Waals surface area contributed by atoms with Gasteiger partial charge in [-0.05, 0) is 99.5 Å². The Balaban J connectivity index is 0.00000676. The van der Waals surface area contributed by atoms with E-state index in [0.717, 1.165) is 50.1 Å². The van der Waals surface area contributed by atoms with E-state index in [2.05, 4.69) is 93.6 Å². The molecule has 0 amide bonds. The van der Waals surface area contributed by atoms with E-state index in [4.69, 9.17) is 14.6 Å². The first-order valence-electron chi connectivity index (χ1n) is 24.8. The summed E-state index contributed by atoms with van der Waals surface area (Å²) in [5.41, 5.74) is 10.7. The van der Waals surface area contributed by atoms with Gasteiger partial charge in [0.05, 0.1) is 33.3 Å². The van der Waals surface area contributed by atoms with E-state index < -0.39 is 47.8 Å². The summed E-state index contributed by atoms with van der Waals surface area (Å²) in [6.45, 7) is 16.7. The van der Waals surface area contributed by atoms with Crippen LogP contribution in [-0.4, -0.2) is 19.6 Å². The number of hydrogen-bond acceptors (Lipinski definition) is 3. The fraction of sp³-hybridized carbons (Fsp3) is 0.172. The summed E-state index contributed by atoms with van der Waals surface area (Å²) < 4.78 is 71.7. The number of rotatable bonds is 7. The Labute approximate surface area is 397 Å². The zero-order valence-corrected chi connectivity index (χ0v) is 38.8. The topological polar surface area (TPSA) is 50.9 Å². The molecule has 0 saturated carbocycles. The van der Waals surface area contributed by atoms with Crippen molar-refractivity contribution in [3.05, 3.63) is 192 Å². The first-order valence-corrected chi connectivity index (χ1v) is 20.8. The number of nitrogens with zero attached hydrogens (tertiary/aromatic N) is 3. The van der Waals surface area contributed by atoms with Gasteiger partial charge >= 0.3 is 0 Å². The van der Waals surface area contributed by atoms with Crippen LogP contribution in [0.2, 0.25) is 0 Å². The smallest absolute Gasteiger partial charge is 0.148 e. The molecule has 7 aromatic carbocycles. The molecule has 4 nitrogen and oxygen atoms in total. The maximum Gasteiger partial charge on any atom is 0.148 e. The first kappa shape index (κ1) is 34.2. The van der Waals surface area contributed by atoms with Crippen molar-refractivity contribution in [1.29, 1.82) is 0 Å². The van der Waals surface area contributed by atoms with Gasteiger partial charge in [0.25, 0.3) is 0 Å². The van der Waals surface area contributed by atoms with Crippen LogP contribution >= 0.6 is 0 Å². The number of aromatic nitrogens is 3. The molecule has 0 atom stereocenters. The van der Waals surface area contributed by atoms with Crippen LogP contribution in [0.5, 0.6) is 5.75 Å². The third-order valence-electron chi connectivity index (χ3n) is 11.3. The SMILES string of the molecule is [2H]c1nc(-c2[c-]c(-c3cccc4c3nc(-c3cc(C)cc(C)c3O)n4-c3cc(-c4ccccc4)c(C(C)(C)C)cc3-c3ccccc3)cc(C(C)(C)C)c2)c([2H])c(-c2c([2H])c([2H])c([2H])c([2H])c2[2H])c1[2H].[Pt]. The number of imidazole rings is 1. The molecule has 1 N–H and O–H groups in total. The van der Waals surface area contributed by atoms with Gasteiger partial charge in [-0.2, -0.15) is 0 Å². The predicted octanol–water partition coefficient (Wildman–Crippen LogP) is 15.1. The number of hydrogen-bond donors (Lipinski definition) is 1. The van der Waals surface area contributed by atoms with E-state index in [1.54, 1.807) is 0 Å². The van der Waals surface area contributed by atoms with Crippen LogP contribution in [0.25, 0.3) is 83.9 Å². The Morgan fingerprint density at radius 1 is 0.619 bits per heavy atom. The quantitative estimate of drug-likeness (QED) is 0.162. The average molecular weight is 1010 g/mol. The predicted molar refractivity (Wildman–Crippen MR) is 259 cm³/mol. The molecule has 63 heavy (non-hydrogen) atoms. The molecular weight excluding hydrogens is 950 g/mol. The molecule has 316 valence electrons. The van der Waals surface area contributed by atoms with Crippen molar-refractivity contribution >= 4 is 11.0 Å². The van der Waals surface area contributed by atoms with Crippen molar-refractivity contribution in [3.63, 3.8) is 0 Å². The summed E-state index contributed by atoms with van der Waals surface area (Å²) >= 11 is 0. The summed E-state index contributed by atoms with van der Waals surface area (Å²) in [6, 6.07) is 38.5. The van der Waals surface area contributed by atoms with Crippen LogP contribution in [0.4, 0.5) is 0 Å². The molecule has 0 saturated heterocycles. The molecule has 0 aliphatic rings. The van der Waals surface area contributed by atoms with Crippen molar-refractivity contribution in [2.24, 2.45) is 0 Å². The number of benzene rings is 7. The molecule has 0 aliphatic heterocycles. The summed E-state index contributed by atoms with van der Waals surface area (Å²) in [5.74, 6) is 0.623. The van der Waals surface area contributed by atoms with Crippen LogP contribution in [0.15, 0.2) is 164 Å². The number of phenols is 1. The van der Waals surface area contributed by atoms with Crippen molar-refractivity contribution in [2.75, 3.05) is 0 Å². The summed E-state index contributed by atoms with van der Waals surface area (Å²) in [7, 11) is 0. The van der Waals surface area contributed by atoms with Crippen LogP contribution in [0.1, 0.15) is 74.8 Å². The molecule has 0 bridgehead atoms. The van der Waals surface area contributed by atoms with Gasteiger partial charge in [0.15, 0.2) is 0 Å². The number of aryl methyl sites for hydroxylation is 2. The van der Waals surface area contributed by atoms with E-state index >= 15 is 0 Å². The van der Waals surface area contributed by atoms with Crippen LogP contribution in [0, 0.1) is 19.9 Å². The van der Waals surface area contributed by atoms with Gasteiger partial charge in [-0.1, -0.05) is 168 Å². The van der Waals surface area contributed by atoms with Gasteiger partial charge in [0, 0.05) is 38.5 Å². The van der Waals surface area contributed by atoms with Crippen molar-refractivity contribution in [3.8, 4) is 78.6 Å². The molecule has 0 fully saturated rings. The van der Waals surface area contributed by atoms with Crippen LogP contribution in [-0.2, 0) is 31.9 Å². The minimum Gasteiger partial charge on any atom is -0.507 e. The van der Waals surface area contributed by atoms with Gasteiger partial charge in [-0.15, -0.1) is 29.3 Å². The third kappa shape index (κ3) is 8.45. The largest absolute Gasteiger partial charge is 0.507 e. The Bertz CT molecular complexity index is 3550. The zero-order chi connectivity index (χ0) is 50.3. The number of para-hydroxylation sites is 1. The van der Waals surface area contributed by atoms with Crippen molar-refractivity contribution < 1.29 is 37.1 Å². The molecule has 0 unspecified atom stereocenters. The molecule has 5 heteroatoms. The zero-order valence-electron chi connectivity index (χ0n) is 44.6. The number of phenolic OH excluding ortho intramolecular Hbond substituents is 1. The molecule has 2 aromatic heterocycles. The summed E-state index contributed by atoms with van der Waals surface area (Å²) in [4.78, 5) is 9.95. The Morgan fingerprint density at radius 2 is 1.29 bits per heavy atom. The van der Waals surface area contributed by atoms with Crippen LogP contribution in [0.3, 0.4) is 0 Å². The van der Waals surface area contributed by atoms with Gasteiger partial charge in [0.2, 0.25) is 0 Å².